The predicted molar refractivity (Wildman–Crippen MR) is 88.4 cm³/mol. The summed E-state index contributed by atoms with van der Waals surface area (Å²) in [4.78, 5) is 0. The van der Waals surface area contributed by atoms with E-state index < -0.39 is 5.41 Å². The zero-order valence-electron chi connectivity index (χ0n) is 11.2. The molecule has 0 amide bonds. The molecular formula is C15H12Cl4O2. The first-order valence-electron chi connectivity index (χ1n) is 6.01. The van der Waals surface area contributed by atoms with Crippen molar-refractivity contribution in [3.05, 3.63) is 55.5 Å². The Bertz CT molecular complexity index is 652. The van der Waals surface area contributed by atoms with Gasteiger partial charge in [-0.15, -0.1) is 0 Å². The average Bonchev–Trinajstić information content (AvgIpc) is 2.37. The first kappa shape index (κ1) is 16.6. The number of hydrogen-bond acceptors (Lipinski definition) is 2. The van der Waals surface area contributed by atoms with Gasteiger partial charge < -0.3 is 10.2 Å². The van der Waals surface area contributed by atoms with Crippen molar-refractivity contribution in [2.24, 2.45) is 0 Å². The molecule has 0 saturated heterocycles. The van der Waals surface area contributed by atoms with Gasteiger partial charge in [0.15, 0.2) is 0 Å². The molecule has 0 atom stereocenters. The Morgan fingerprint density at radius 2 is 1.05 bits per heavy atom. The maximum atomic E-state index is 10.2. The Kier molecular flexibility index (Phi) is 4.55. The monoisotopic (exact) mass is 364 g/mol. The Balaban J connectivity index is 2.73. The van der Waals surface area contributed by atoms with Crippen LogP contribution in [0.5, 0.6) is 11.5 Å². The van der Waals surface area contributed by atoms with Crippen LogP contribution in [0.2, 0.25) is 20.1 Å². The third kappa shape index (κ3) is 3.04. The quantitative estimate of drug-likeness (QED) is 0.681. The fraction of sp³-hybridized carbons (Fsp3) is 0.200. The molecule has 2 N–H and O–H groups in total. The van der Waals surface area contributed by atoms with Gasteiger partial charge in [0, 0.05) is 26.6 Å². The number of phenols is 2. The van der Waals surface area contributed by atoms with Gasteiger partial charge in [-0.05, 0) is 24.3 Å². The lowest BCUT2D eigenvalue weighted by molar-refractivity contribution is 0.436. The van der Waals surface area contributed by atoms with E-state index in [1.807, 2.05) is 0 Å². The van der Waals surface area contributed by atoms with Crippen molar-refractivity contribution in [2.45, 2.75) is 19.3 Å². The van der Waals surface area contributed by atoms with Gasteiger partial charge in [0.2, 0.25) is 0 Å². The van der Waals surface area contributed by atoms with Crippen molar-refractivity contribution in [1.29, 1.82) is 0 Å². The number of rotatable bonds is 2. The van der Waals surface area contributed by atoms with Gasteiger partial charge in [-0.3, -0.25) is 0 Å². The van der Waals surface area contributed by atoms with E-state index in [0.717, 1.165) is 0 Å². The minimum Gasteiger partial charge on any atom is -0.506 e. The Morgan fingerprint density at radius 1 is 0.714 bits per heavy atom. The minimum atomic E-state index is -0.808. The van der Waals surface area contributed by atoms with E-state index in [1.165, 1.54) is 12.1 Å². The molecule has 0 radical (unpaired) electrons. The molecule has 0 aliphatic heterocycles. The van der Waals surface area contributed by atoms with Gasteiger partial charge in [0.1, 0.15) is 11.5 Å². The number of benzene rings is 2. The molecule has 6 heteroatoms. The van der Waals surface area contributed by atoms with Crippen LogP contribution in [-0.4, -0.2) is 10.2 Å². The fourth-order valence-corrected chi connectivity index (χ4v) is 3.22. The van der Waals surface area contributed by atoms with Crippen LogP contribution in [0, 0.1) is 0 Å². The predicted octanol–water partition coefficient (Wildman–Crippen LogP) is 6.04. The van der Waals surface area contributed by atoms with Gasteiger partial charge in [-0.2, -0.15) is 0 Å². The summed E-state index contributed by atoms with van der Waals surface area (Å²) in [7, 11) is 0. The smallest absolute Gasteiger partial charge is 0.138 e. The zero-order valence-corrected chi connectivity index (χ0v) is 14.2. The molecule has 0 spiro atoms. The zero-order chi connectivity index (χ0) is 15.9. The van der Waals surface area contributed by atoms with Gasteiger partial charge in [0.25, 0.3) is 0 Å². The second kappa shape index (κ2) is 5.77. The van der Waals surface area contributed by atoms with Crippen molar-refractivity contribution in [2.75, 3.05) is 0 Å². The van der Waals surface area contributed by atoms with Crippen molar-refractivity contribution in [3.8, 4) is 11.5 Å². The van der Waals surface area contributed by atoms with E-state index in [2.05, 4.69) is 0 Å². The van der Waals surface area contributed by atoms with Crippen molar-refractivity contribution < 1.29 is 10.2 Å². The molecule has 0 bridgehead atoms. The highest BCUT2D eigenvalue weighted by Crippen LogP contribution is 2.46. The Labute approximate surface area is 142 Å². The lowest BCUT2D eigenvalue weighted by Gasteiger charge is -2.28. The van der Waals surface area contributed by atoms with E-state index in [4.69, 9.17) is 46.4 Å². The molecule has 112 valence electrons. The van der Waals surface area contributed by atoms with Crippen LogP contribution in [0.25, 0.3) is 0 Å². The maximum absolute atomic E-state index is 10.2. The molecule has 0 aliphatic carbocycles. The molecule has 21 heavy (non-hydrogen) atoms. The number of aromatic hydroxyl groups is 2. The van der Waals surface area contributed by atoms with Gasteiger partial charge in [0.05, 0.1) is 10.0 Å². The van der Waals surface area contributed by atoms with E-state index in [9.17, 15) is 10.2 Å². The molecule has 0 saturated carbocycles. The highest BCUT2D eigenvalue weighted by molar-refractivity contribution is 6.36. The van der Waals surface area contributed by atoms with E-state index >= 15 is 0 Å². The molecule has 2 rings (SSSR count). The summed E-state index contributed by atoms with van der Waals surface area (Å²) in [5.74, 6) is -0.192. The molecule has 0 unspecified atom stereocenters. The van der Waals surface area contributed by atoms with Crippen LogP contribution in [-0.2, 0) is 5.41 Å². The summed E-state index contributed by atoms with van der Waals surface area (Å²) >= 11 is 23.9. The molecule has 0 aromatic heterocycles. The largest absolute Gasteiger partial charge is 0.506 e. The molecule has 2 aromatic rings. The molecule has 2 nitrogen and oxygen atoms in total. The number of phenolic OH excluding ortho intramolecular Hbond substituents is 2. The molecular weight excluding hydrogens is 354 g/mol. The highest BCUT2D eigenvalue weighted by atomic mass is 35.5. The van der Waals surface area contributed by atoms with E-state index in [1.54, 1.807) is 26.0 Å². The second-order valence-electron chi connectivity index (χ2n) is 5.19. The van der Waals surface area contributed by atoms with Crippen molar-refractivity contribution in [3.63, 3.8) is 0 Å². The third-order valence-corrected chi connectivity index (χ3v) is 4.42. The van der Waals surface area contributed by atoms with Crippen LogP contribution in [0.15, 0.2) is 24.3 Å². The lowest BCUT2D eigenvalue weighted by Crippen LogP contribution is -2.19. The van der Waals surface area contributed by atoms with Crippen LogP contribution < -0.4 is 0 Å². The van der Waals surface area contributed by atoms with Crippen LogP contribution in [0.1, 0.15) is 25.0 Å². The van der Waals surface area contributed by atoms with Crippen molar-refractivity contribution >= 4 is 46.4 Å². The summed E-state index contributed by atoms with van der Waals surface area (Å²) in [6.07, 6.45) is 0. The summed E-state index contributed by atoms with van der Waals surface area (Å²) < 4.78 is 0. The maximum Gasteiger partial charge on any atom is 0.138 e. The number of hydrogen-bond donors (Lipinski definition) is 2. The van der Waals surface area contributed by atoms with Crippen LogP contribution >= 0.6 is 46.4 Å². The molecule has 0 fully saturated rings. The summed E-state index contributed by atoms with van der Waals surface area (Å²) in [6, 6.07) is 6.08. The van der Waals surface area contributed by atoms with Gasteiger partial charge >= 0.3 is 0 Å². The minimum absolute atomic E-state index is 0.0958. The normalized spacial score (nSPS) is 11.7. The lowest BCUT2D eigenvalue weighted by atomic mass is 9.77. The Hall–Kier alpha value is -0.800. The topological polar surface area (TPSA) is 40.5 Å². The first-order valence-corrected chi connectivity index (χ1v) is 7.52. The summed E-state index contributed by atoms with van der Waals surface area (Å²) in [5.41, 5.74) is 0.124. The Morgan fingerprint density at radius 3 is 1.38 bits per heavy atom. The first-order chi connectivity index (χ1) is 9.64. The summed E-state index contributed by atoms with van der Waals surface area (Å²) in [6.45, 7) is 3.60. The van der Waals surface area contributed by atoms with Crippen LogP contribution in [0.3, 0.4) is 0 Å². The number of halogens is 4. The second-order valence-corrected chi connectivity index (χ2v) is 6.88. The fourth-order valence-electron chi connectivity index (χ4n) is 2.23. The van der Waals surface area contributed by atoms with E-state index in [0.29, 0.717) is 21.2 Å². The van der Waals surface area contributed by atoms with Gasteiger partial charge in [-0.25, -0.2) is 0 Å². The molecule has 0 heterocycles. The average molecular weight is 366 g/mol. The summed E-state index contributed by atoms with van der Waals surface area (Å²) in [5, 5.41) is 21.5. The van der Waals surface area contributed by atoms with Gasteiger partial charge in [-0.1, -0.05) is 60.3 Å². The molecule has 0 aliphatic rings. The van der Waals surface area contributed by atoms with E-state index in [-0.39, 0.29) is 21.5 Å². The molecule has 2 aromatic carbocycles. The third-order valence-electron chi connectivity index (χ3n) is 3.40. The van der Waals surface area contributed by atoms with Crippen LogP contribution in [0.4, 0.5) is 0 Å². The SMILES string of the molecule is CC(C)(c1cc(Cl)cc(Cl)c1O)c1cc(Cl)cc(Cl)c1O. The highest BCUT2D eigenvalue weighted by Gasteiger charge is 2.31. The van der Waals surface area contributed by atoms with Crippen molar-refractivity contribution in [1.82, 2.24) is 0 Å². The standard InChI is InChI=1S/C15H12Cl4O2/c1-15(2,9-3-7(16)5-11(18)13(9)20)10-4-8(17)6-12(19)14(10)21/h3-6,20-21H,1-2H3.